The Morgan fingerprint density at radius 1 is 1.29 bits per heavy atom. The predicted molar refractivity (Wildman–Crippen MR) is 86.7 cm³/mol. The van der Waals surface area contributed by atoms with E-state index >= 15 is 0 Å². The number of para-hydroxylation sites is 1. The molecule has 2 heterocycles. The van der Waals surface area contributed by atoms with Gasteiger partial charge in [0.2, 0.25) is 0 Å². The number of nitrogens with one attached hydrogen (secondary N) is 1. The maximum atomic E-state index is 11.6. The van der Waals surface area contributed by atoms with Crippen LogP contribution in [0.2, 0.25) is 0 Å². The van der Waals surface area contributed by atoms with Crippen LogP contribution < -0.4 is 10.2 Å². The summed E-state index contributed by atoms with van der Waals surface area (Å²) in [7, 11) is -2.80. The lowest BCUT2D eigenvalue weighted by Crippen LogP contribution is -2.41. The molecule has 2 aliphatic heterocycles. The topological polar surface area (TPSA) is 49.4 Å². The first kappa shape index (κ1) is 14.9. The Morgan fingerprint density at radius 2 is 2.14 bits per heavy atom. The third-order valence-corrected chi connectivity index (χ3v) is 6.31. The maximum Gasteiger partial charge on any atom is 0.151 e. The fourth-order valence-corrected chi connectivity index (χ4v) is 5.07. The van der Waals surface area contributed by atoms with E-state index in [1.165, 1.54) is 11.3 Å². The molecule has 0 spiro atoms. The molecule has 1 unspecified atom stereocenters. The van der Waals surface area contributed by atoms with Crippen molar-refractivity contribution < 1.29 is 8.42 Å². The summed E-state index contributed by atoms with van der Waals surface area (Å²) in [5, 5.41) is 3.42. The highest BCUT2D eigenvalue weighted by molar-refractivity contribution is 7.91. The monoisotopic (exact) mass is 308 g/mol. The number of fused-ring (bicyclic) bond motifs is 1. The van der Waals surface area contributed by atoms with Crippen molar-refractivity contribution in [1.29, 1.82) is 0 Å². The lowest BCUT2D eigenvalue weighted by molar-refractivity contribution is 0.476. The van der Waals surface area contributed by atoms with Crippen LogP contribution in [0.5, 0.6) is 0 Å². The third kappa shape index (κ3) is 3.77. The van der Waals surface area contributed by atoms with Crippen LogP contribution in [0, 0.1) is 0 Å². The number of hydrogen-bond acceptors (Lipinski definition) is 4. The van der Waals surface area contributed by atoms with Crippen molar-refractivity contribution in [3.63, 3.8) is 0 Å². The van der Waals surface area contributed by atoms with Gasteiger partial charge in [-0.3, -0.25) is 0 Å². The van der Waals surface area contributed by atoms with E-state index in [-0.39, 0.29) is 6.04 Å². The molecule has 1 aromatic carbocycles. The van der Waals surface area contributed by atoms with Gasteiger partial charge >= 0.3 is 0 Å². The molecule has 5 heteroatoms. The van der Waals surface area contributed by atoms with Gasteiger partial charge in [0.25, 0.3) is 0 Å². The zero-order valence-electron chi connectivity index (χ0n) is 12.4. The average Bonchev–Trinajstić information content (AvgIpc) is 2.86. The number of sulfone groups is 1. The molecule has 0 radical (unpaired) electrons. The quantitative estimate of drug-likeness (QED) is 0.840. The summed E-state index contributed by atoms with van der Waals surface area (Å²) < 4.78 is 23.2. The van der Waals surface area contributed by atoms with Crippen LogP contribution in [0.4, 0.5) is 5.69 Å². The average molecular weight is 308 g/mol. The number of anilines is 1. The molecule has 1 aromatic rings. The highest BCUT2D eigenvalue weighted by atomic mass is 32.2. The predicted octanol–water partition coefficient (Wildman–Crippen LogP) is 1.61. The Hall–Kier alpha value is -1.07. The van der Waals surface area contributed by atoms with Gasteiger partial charge in [-0.1, -0.05) is 18.2 Å². The summed E-state index contributed by atoms with van der Waals surface area (Å²) >= 11 is 0. The minimum Gasteiger partial charge on any atom is -0.371 e. The largest absolute Gasteiger partial charge is 0.371 e. The fourth-order valence-electron chi connectivity index (χ4n) is 3.40. The van der Waals surface area contributed by atoms with Gasteiger partial charge in [0, 0.05) is 24.8 Å². The Morgan fingerprint density at radius 3 is 3.00 bits per heavy atom. The normalized spacial score (nSPS) is 24.0. The molecule has 4 nitrogen and oxygen atoms in total. The number of rotatable bonds is 5. The van der Waals surface area contributed by atoms with E-state index in [2.05, 4.69) is 34.5 Å². The van der Waals surface area contributed by atoms with Gasteiger partial charge in [0.15, 0.2) is 9.84 Å². The summed E-state index contributed by atoms with van der Waals surface area (Å²) in [6.07, 6.45) is 4.00. The van der Waals surface area contributed by atoms with Gasteiger partial charge in [-0.15, -0.1) is 0 Å². The second-order valence-corrected chi connectivity index (χ2v) is 8.36. The highest BCUT2D eigenvalue weighted by Gasteiger charge is 2.24. The van der Waals surface area contributed by atoms with Crippen LogP contribution in [-0.4, -0.2) is 45.6 Å². The van der Waals surface area contributed by atoms with Crippen molar-refractivity contribution >= 4 is 15.5 Å². The van der Waals surface area contributed by atoms with Gasteiger partial charge in [-0.05, 0) is 43.9 Å². The molecule has 0 aromatic heterocycles. The van der Waals surface area contributed by atoms with Crippen LogP contribution >= 0.6 is 0 Å². The summed E-state index contributed by atoms with van der Waals surface area (Å²) in [5.41, 5.74) is 2.82. The van der Waals surface area contributed by atoms with E-state index in [0.29, 0.717) is 11.5 Å². The molecular weight excluding hydrogens is 284 g/mol. The second kappa shape index (κ2) is 6.36. The first-order valence-corrected chi connectivity index (χ1v) is 9.73. The molecule has 1 fully saturated rings. The number of benzene rings is 1. The highest BCUT2D eigenvalue weighted by Crippen LogP contribution is 2.27. The van der Waals surface area contributed by atoms with Crippen LogP contribution in [0.1, 0.15) is 24.8 Å². The molecule has 3 rings (SSSR count). The van der Waals surface area contributed by atoms with E-state index in [1.54, 1.807) is 0 Å². The van der Waals surface area contributed by atoms with E-state index in [1.807, 2.05) is 0 Å². The van der Waals surface area contributed by atoms with Crippen LogP contribution in [0.25, 0.3) is 0 Å². The lowest BCUT2D eigenvalue weighted by Gasteiger charge is -2.24. The molecule has 1 atom stereocenters. The van der Waals surface area contributed by atoms with Crippen molar-refractivity contribution in [3.8, 4) is 0 Å². The van der Waals surface area contributed by atoms with Crippen molar-refractivity contribution in [2.45, 2.75) is 31.7 Å². The molecule has 0 aliphatic carbocycles. The lowest BCUT2D eigenvalue weighted by atomic mass is 10.2. The van der Waals surface area contributed by atoms with E-state index in [4.69, 9.17) is 0 Å². The zero-order valence-corrected chi connectivity index (χ0v) is 13.2. The van der Waals surface area contributed by atoms with Crippen molar-refractivity contribution in [1.82, 2.24) is 5.32 Å². The molecule has 1 saturated heterocycles. The SMILES string of the molecule is O=S1(=O)CCCC(NCCCN2CCc3ccccc32)C1. The smallest absolute Gasteiger partial charge is 0.151 e. The maximum absolute atomic E-state index is 11.6. The number of nitrogens with zero attached hydrogens (tertiary/aromatic N) is 1. The summed E-state index contributed by atoms with van der Waals surface area (Å²) in [6.45, 7) is 3.06. The van der Waals surface area contributed by atoms with Crippen molar-refractivity contribution in [2.75, 3.05) is 36.0 Å². The molecule has 2 aliphatic rings. The van der Waals surface area contributed by atoms with Crippen molar-refractivity contribution in [3.05, 3.63) is 29.8 Å². The number of hydrogen-bond donors (Lipinski definition) is 1. The Bertz CT molecular complexity index is 586. The molecular formula is C16H24N2O2S. The summed E-state index contributed by atoms with van der Waals surface area (Å²) in [6, 6.07) is 8.77. The molecule has 0 amide bonds. The van der Waals surface area contributed by atoms with E-state index in [9.17, 15) is 8.42 Å². The Kier molecular flexibility index (Phi) is 4.50. The second-order valence-electron chi connectivity index (χ2n) is 6.13. The minimum absolute atomic E-state index is 0.162. The summed E-state index contributed by atoms with van der Waals surface area (Å²) in [5.74, 6) is 0.690. The van der Waals surface area contributed by atoms with Crippen molar-refractivity contribution in [2.24, 2.45) is 0 Å². The molecule has 116 valence electrons. The van der Waals surface area contributed by atoms with Gasteiger partial charge in [-0.25, -0.2) is 8.42 Å². The molecule has 21 heavy (non-hydrogen) atoms. The Labute approximate surface area is 127 Å². The molecule has 0 saturated carbocycles. The molecule has 1 N–H and O–H groups in total. The zero-order chi connectivity index (χ0) is 14.7. The Balaban J connectivity index is 1.41. The summed E-state index contributed by atoms with van der Waals surface area (Å²) in [4.78, 5) is 2.44. The van der Waals surface area contributed by atoms with Crippen LogP contribution in [0.15, 0.2) is 24.3 Å². The van der Waals surface area contributed by atoms with Crippen LogP contribution in [0.3, 0.4) is 0 Å². The fraction of sp³-hybridized carbons (Fsp3) is 0.625. The molecule has 0 bridgehead atoms. The van der Waals surface area contributed by atoms with Gasteiger partial charge in [0.05, 0.1) is 11.5 Å². The van der Waals surface area contributed by atoms with E-state index < -0.39 is 9.84 Å². The van der Waals surface area contributed by atoms with Gasteiger partial charge in [-0.2, -0.15) is 0 Å². The minimum atomic E-state index is -2.80. The first-order valence-electron chi connectivity index (χ1n) is 7.91. The van der Waals surface area contributed by atoms with Gasteiger partial charge in [0.1, 0.15) is 0 Å². The van der Waals surface area contributed by atoms with E-state index in [0.717, 1.165) is 45.3 Å². The van der Waals surface area contributed by atoms with Crippen LogP contribution in [-0.2, 0) is 16.3 Å². The standard InChI is InChI=1S/C16H24N2O2S/c19-21(20)12-3-6-15(13-21)17-9-4-10-18-11-8-14-5-1-2-7-16(14)18/h1-2,5,7,15,17H,3-4,6,8-13H2. The van der Waals surface area contributed by atoms with Gasteiger partial charge < -0.3 is 10.2 Å². The first-order chi connectivity index (χ1) is 10.1. The third-order valence-electron chi connectivity index (χ3n) is 4.48.